The summed E-state index contributed by atoms with van der Waals surface area (Å²) in [4.78, 5) is 72.6. The fraction of sp³-hybridized carbons (Fsp3) is 0.467. The van der Waals surface area contributed by atoms with Crippen molar-refractivity contribution in [3.8, 4) is 28.1 Å². The topological polar surface area (TPSA) is 184 Å². The molecule has 0 aliphatic carbocycles. The first-order valence-corrected chi connectivity index (χ1v) is 21.1. The molecule has 0 radical (unpaired) electrons. The number of nitrogens with zero attached hydrogens (tertiary/aromatic N) is 4. The van der Waals surface area contributed by atoms with Crippen LogP contribution in [0.2, 0.25) is 5.15 Å². The van der Waals surface area contributed by atoms with Gasteiger partial charge in [-0.2, -0.15) is 0 Å². The number of carbonyl (C=O) groups excluding carboxylic acids is 4. The summed E-state index contributed by atoms with van der Waals surface area (Å²) in [6.07, 6.45) is 1.74. The number of imidazole rings is 2. The highest BCUT2D eigenvalue weighted by Crippen LogP contribution is 2.44. The van der Waals surface area contributed by atoms with Gasteiger partial charge < -0.3 is 44.6 Å². The number of amides is 4. The van der Waals surface area contributed by atoms with Crippen molar-refractivity contribution in [1.82, 2.24) is 40.4 Å². The molecule has 2 saturated heterocycles. The van der Waals surface area contributed by atoms with Gasteiger partial charge in [0.2, 0.25) is 11.8 Å². The zero-order valence-electron chi connectivity index (χ0n) is 35.8. The Morgan fingerprint density at radius 1 is 0.787 bits per heavy atom. The third-order valence-corrected chi connectivity index (χ3v) is 12.4. The van der Waals surface area contributed by atoms with Gasteiger partial charge in [-0.3, -0.25) is 9.59 Å². The van der Waals surface area contributed by atoms with Crippen LogP contribution in [0.5, 0.6) is 5.75 Å². The molecule has 0 bridgehead atoms. The van der Waals surface area contributed by atoms with E-state index in [4.69, 9.17) is 35.8 Å². The number of likely N-dealkylation sites (tertiary alicyclic amines) is 2. The summed E-state index contributed by atoms with van der Waals surface area (Å²) in [6.45, 7) is 12.9. The molecule has 61 heavy (non-hydrogen) atoms. The second-order valence-corrected chi connectivity index (χ2v) is 18.7. The van der Waals surface area contributed by atoms with Gasteiger partial charge in [-0.25, -0.2) is 19.6 Å². The van der Waals surface area contributed by atoms with Gasteiger partial charge in [-0.15, -0.1) is 0 Å². The molecule has 2 aromatic heterocycles. The van der Waals surface area contributed by atoms with Gasteiger partial charge in [-0.05, 0) is 77.3 Å². The van der Waals surface area contributed by atoms with Crippen LogP contribution < -0.4 is 15.4 Å². The molecule has 5 heterocycles. The van der Waals surface area contributed by atoms with Crippen molar-refractivity contribution >= 4 is 57.4 Å². The molecule has 4 atom stereocenters. The van der Waals surface area contributed by atoms with Crippen LogP contribution in [0, 0.1) is 10.8 Å². The van der Waals surface area contributed by atoms with E-state index >= 15 is 0 Å². The SMILES string of the molecule is COC(=O)N[C@H](C(=O)N1CCC[C@H]1c1nc(-c2ccc3c(c2)COc2cc4c(ccc5[nH]c([C@@H]6CCCN6C(=O)[C@@H](NC(=O)OC)C(C)(C)C)nc54)cc2-3)c(Cl)[nH]1)C(C)(C)C. The highest BCUT2D eigenvalue weighted by Gasteiger charge is 2.43. The number of hydrogen-bond donors (Lipinski definition) is 4. The van der Waals surface area contributed by atoms with Gasteiger partial charge in [0.15, 0.2) is 0 Å². The highest BCUT2D eigenvalue weighted by molar-refractivity contribution is 6.32. The fourth-order valence-electron chi connectivity index (χ4n) is 8.94. The summed E-state index contributed by atoms with van der Waals surface area (Å²) >= 11 is 6.83. The predicted molar refractivity (Wildman–Crippen MR) is 231 cm³/mol. The monoisotopic (exact) mass is 852 g/mol. The predicted octanol–water partition coefficient (Wildman–Crippen LogP) is 8.19. The average Bonchev–Trinajstić information content (AvgIpc) is 4.05. The van der Waals surface area contributed by atoms with Gasteiger partial charge in [-0.1, -0.05) is 71.3 Å². The lowest BCUT2D eigenvalue weighted by Crippen LogP contribution is -2.54. The highest BCUT2D eigenvalue weighted by atomic mass is 35.5. The van der Waals surface area contributed by atoms with Crippen LogP contribution in [0.25, 0.3) is 44.2 Å². The van der Waals surface area contributed by atoms with Crippen molar-refractivity contribution in [2.75, 3.05) is 27.3 Å². The van der Waals surface area contributed by atoms with Crippen LogP contribution >= 0.6 is 11.6 Å². The second-order valence-electron chi connectivity index (χ2n) is 18.3. The molecule has 3 aliphatic heterocycles. The number of H-pyrrole nitrogens is 2. The Morgan fingerprint density at radius 2 is 1.38 bits per heavy atom. The molecule has 0 saturated carbocycles. The number of aromatic amines is 2. The molecule has 0 unspecified atom stereocenters. The maximum absolute atomic E-state index is 14.0. The number of hydrogen-bond acceptors (Lipinski definition) is 9. The van der Waals surface area contributed by atoms with Crippen LogP contribution in [0.3, 0.4) is 0 Å². The Hall–Kier alpha value is -5.83. The number of alkyl carbamates (subject to hydrolysis) is 2. The minimum atomic E-state index is -0.792. The lowest BCUT2D eigenvalue weighted by molar-refractivity contribution is -0.137. The van der Waals surface area contributed by atoms with E-state index < -0.39 is 35.1 Å². The molecule has 2 fully saturated rings. The zero-order valence-corrected chi connectivity index (χ0v) is 36.6. The number of nitrogens with one attached hydrogen (secondary N) is 4. The summed E-state index contributed by atoms with van der Waals surface area (Å²) in [6, 6.07) is 12.2. The van der Waals surface area contributed by atoms with E-state index in [1.165, 1.54) is 14.2 Å². The van der Waals surface area contributed by atoms with Crippen molar-refractivity contribution in [1.29, 1.82) is 0 Å². The molecule has 3 aliphatic rings. The fourth-order valence-corrected chi connectivity index (χ4v) is 9.19. The molecule has 4 N–H and O–H groups in total. The molecule has 15 nitrogen and oxygen atoms in total. The van der Waals surface area contributed by atoms with Crippen LogP contribution in [0.1, 0.15) is 96.5 Å². The maximum Gasteiger partial charge on any atom is 0.407 e. The normalized spacial score (nSPS) is 18.6. The first-order valence-electron chi connectivity index (χ1n) is 20.7. The van der Waals surface area contributed by atoms with E-state index in [1.54, 1.807) is 4.90 Å². The quantitative estimate of drug-likeness (QED) is 0.125. The van der Waals surface area contributed by atoms with Gasteiger partial charge in [0.25, 0.3) is 0 Å². The smallest absolute Gasteiger partial charge is 0.407 e. The van der Waals surface area contributed by atoms with Crippen LogP contribution in [-0.4, -0.2) is 93.1 Å². The number of carbonyl (C=O) groups is 4. The number of halogens is 1. The standard InChI is InChI=1S/C45H53ClN8O7/c1-44(2,3)35(50-42(57)59-7)40(55)53-17-9-11-30(53)38-47-29-16-14-23-20-28-26-15-13-24(19-25(26)22-61-32(28)21-27(23)34(29)49-38)33-37(46)52-39(48-33)31-12-10-18-54(31)41(56)36(45(4,5)6)51-43(58)60-8/h13-16,19-21,30-31,35-36H,9-12,17-18,22H2,1-8H3,(H,47,49)(H,48,52)(H,50,57)(H,51,58)/t30-,31-,35+,36+/m0/s1. The number of ether oxygens (including phenoxy) is 3. The second kappa shape index (κ2) is 15.9. The summed E-state index contributed by atoms with van der Waals surface area (Å²) in [5.74, 6) is 1.66. The zero-order chi connectivity index (χ0) is 43.5. The molecule has 4 amide bonds. The Balaban J connectivity index is 1.05. The van der Waals surface area contributed by atoms with Gasteiger partial charge in [0, 0.05) is 29.6 Å². The van der Waals surface area contributed by atoms with E-state index in [-0.39, 0.29) is 23.9 Å². The third-order valence-electron chi connectivity index (χ3n) is 12.1. The molecular formula is C45H53ClN8O7. The van der Waals surface area contributed by atoms with Gasteiger partial charge in [0.05, 0.1) is 37.3 Å². The average molecular weight is 853 g/mol. The van der Waals surface area contributed by atoms with Gasteiger partial charge >= 0.3 is 12.2 Å². The number of methoxy groups -OCH3 is 2. The third kappa shape index (κ3) is 7.84. The minimum Gasteiger partial charge on any atom is -0.488 e. The first kappa shape index (κ1) is 41.9. The first-order chi connectivity index (χ1) is 29.0. The molecule has 0 spiro atoms. The van der Waals surface area contributed by atoms with E-state index in [2.05, 4.69) is 38.8 Å². The summed E-state index contributed by atoms with van der Waals surface area (Å²) in [5.41, 5.74) is 4.92. The lowest BCUT2D eigenvalue weighted by Gasteiger charge is -2.35. The summed E-state index contributed by atoms with van der Waals surface area (Å²) < 4.78 is 16.1. The van der Waals surface area contributed by atoms with E-state index in [0.29, 0.717) is 48.6 Å². The summed E-state index contributed by atoms with van der Waals surface area (Å²) in [5, 5.41) is 7.78. The van der Waals surface area contributed by atoms with Gasteiger partial charge in [0.1, 0.15) is 46.9 Å². The number of benzene rings is 3. The molecule has 16 heteroatoms. The minimum absolute atomic E-state index is 0.168. The number of fused-ring (bicyclic) bond motifs is 6. The Kier molecular flexibility index (Phi) is 10.9. The van der Waals surface area contributed by atoms with Crippen LogP contribution in [0.4, 0.5) is 9.59 Å². The Labute approximate surface area is 359 Å². The van der Waals surface area contributed by atoms with Crippen molar-refractivity contribution in [2.45, 2.75) is 98.0 Å². The Morgan fingerprint density at radius 3 is 1.95 bits per heavy atom. The van der Waals surface area contributed by atoms with E-state index in [9.17, 15) is 19.2 Å². The lowest BCUT2D eigenvalue weighted by atomic mass is 9.85. The van der Waals surface area contributed by atoms with E-state index in [0.717, 1.165) is 69.1 Å². The molecule has 8 rings (SSSR count). The summed E-state index contributed by atoms with van der Waals surface area (Å²) in [7, 11) is 2.57. The number of aromatic nitrogens is 4. The van der Waals surface area contributed by atoms with Crippen molar-refractivity contribution in [3.63, 3.8) is 0 Å². The molecular weight excluding hydrogens is 800 g/mol. The largest absolute Gasteiger partial charge is 0.488 e. The van der Waals surface area contributed by atoms with Crippen molar-refractivity contribution in [2.24, 2.45) is 10.8 Å². The van der Waals surface area contributed by atoms with E-state index in [1.807, 2.05) is 70.7 Å². The van der Waals surface area contributed by atoms with Crippen LogP contribution in [-0.2, 0) is 25.7 Å². The number of rotatable bonds is 7. The van der Waals surface area contributed by atoms with Crippen molar-refractivity contribution in [3.05, 3.63) is 64.8 Å². The molecule has 322 valence electrons. The Bertz CT molecular complexity index is 2550. The van der Waals surface area contributed by atoms with Crippen molar-refractivity contribution < 1.29 is 33.4 Å². The molecule has 5 aromatic rings. The van der Waals surface area contributed by atoms with Crippen LogP contribution in [0.15, 0.2) is 42.5 Å². The maximum atomic E-state index is 14.0. The molecule has 3 aromatic carbocycles.